The van der Waals surface area contributed by atoms with Crippen molar-refractivity contribution in [2.45, 2.75) is 18.9 Å². The molecule has 1 unspecified atom stereocenters. The van der Waals surface area contributed by atoms with Crippen molar-refractivity contribution in [2.24, 2.45) is 5.92 Å². The predicted molar refractivity (Wildman–Crippen MR) is 65.8 cm³/mol. The van der Waals surface area contributed by atoms with Crippen molar-refractivity contribution >= 4 is 0 Å². The van der Waals surface area contributed by atoms with Gasteiger partial charge >= 0.3 is 0 Å². The molecular formula is C12H26N2O2. The van der Waals surface area contributed by atoms with Gasteiger partial charge in [-0.3, -0.25) is 0 Å². The summed E-state index contributed by atoms with van der Waals surface area (Å²) >= 11 is 0. The molecule has 0 heterocycles. The normalized spacial score (nSPS) is 18.0. The Bertz CT molecular complexity index is 174. The van der Waals surface area contributed by atoms with Crippen LogP contribution in [0.2, 0.25) is 0 Å². The van der Waals surface area contributed by atoms with Gasteiger partial charge in [0, 0.05) is 39.9 Å². The van der Waals surface area contributed by atoms with Gasteiger partial charge in [-0.15, -0.1) is 0 Å². The zero-order valence-corrected chi connectivity index (χ0v) is 10.9. The van der Waals surface area contributed by atoms with Gasteiger partial charge in [-0.05, 0) is 25.8 Å². The molecule has 16 heavy (non-hydrogen) atoms. The first-order chi connectivity index (χ1) is 7.77. The Morgan fingerprint density at radius 3 is 2.56 bits per heavy atom. The molecule has 0 aromatic heterocycles. The van der Waals surface area contributed by atoms with Crippen molar-refractivity contribution < 1.29 is 9.47 Å². The summed E-state index contributed by atoms with van der Waals surface area (Å²) in [5, 5.41) is 3.58. The van der Waals surface area contributed by atoms with Gasteiger partial charge in [0.2, 0.25) is 0 Å². The molecule has 0 amide bonds. The zero-order chi connectivity index (χ0) is 11.8. The Hall–Kier alpha value is -0.160. The molecule has 4 nitrogen and oxygen atoms in total. The number of hydrogen-bond donors (Lipinski definition) is 1. The summed E-state index contributed by atoms with van der Waals surface area (Å²) in [4.78, 5) is 2.28. The quantitative estimate of drug-likeness (QED) is 0.595. The highest BCUT2D eigenvalue weighted by Crippen LogP contribution is 2.32. The second-order valence-electron chi connectivity index (χ2n) is 4.65. The van der Waals surface area contributed by atoms with Crippen LogP contribution in [-0.2, 0) is 9.47 Å². The number of nitrogens with zero attached hydrogens (tertiary/aromatic N) is 1. The minimum absolute atomic E-state index is 0.556. The number of likely N-dealkylation sites (N-methyl/N-ethyl adjacent to an activating group) is 1. The molecule has 0 aromatic rings. The molecule has 0 spiro atoms. The van der Waals surface area contributed by atoms with Crippen LogP contribution >= 0.6 is 0 Å². The van der Waals surface area contributed by atoms with Gasteiger partial charge in [-0.25, -0.2) is 0 Å². The fraction of sp³-hybridized carbons (Fsp3) is 1.00. The van der Waals surface area contributed by atoms with Gasteiger partial charge in [-0.2, -0.15) is 0 Å². The molecule has 1 saturated carbocycles. The maximum Gasteiger partial charge on any atom is 0.0618 e. The van der Waals surface area contributed by atoms with Crippen LogP contribution in [0, 0.1) is 5.92 Å². The predicted octanol–water partition coefficient (Wildman–Crippen LogP) is 0.579. The van der Waals surface area contributed by atoms with Crippen LogP contribution in [0.25, 0.3) is 0 Å². The Morgan fingerprint density at radius 2 is 2.00 bits per heavy atom. The number of ether oxygens (including phenoxy) is 2. The third kappa shape index (κ3) is 5.80. The summed E-state index contributed by atoms with van der Waals surface area (Å²) < 4.78 is 10.3. The molecule has 1 aliphatic rings. The first-order valence-electron chi connectivity index (χ1n) is 6.17. The van der Waals surface area contributed by atoms with Crippen LogP contribution < -0.4 is 5.32 Å². The SMILES string of the molecule is COCCN(C)CCNC(COC)C1CC1. The molecule has 1 fully saturated rings. The molecule has 96 valence electrons. The minimum Gasteiger partial charge on any atom is -0.383 e. The molecule has 0 bridgehead atoms. The molecule has 1 rings (SSSR count). The van der Waals surface area contributed by atoms with E-state index in [2.05, 4.69) is 17.3 Å². The summed E-state index contributed by atoms with van der Waals surface area (Å²) in [5.74, 6) is 0.851. The van der Waals surface area contributed by atoms with E-state index in [1.807, 2.05) is 0 Å². The lowest BCUT2D eigenvalue weighted by molar-refractivity contribution is 0.147. The Kier molecular flexibility index (Phi) is 6.96. The highest BCUT2D eigenvalue weighted by Gasteiger charge is 2.30. The molecule has 0 aromatic carbocycles. The fourth-order valence-electron chi connectivity index (χ4n) is 1.84. The van der Waals surface area contributed by atoms with Gasteiger partial charge < -0.3 is 19.7 Å². The number of rotatable bonds is 10. The lowest BCUT2D eigenvalue weighted by atomic mass is 10.2. The molecule has 1 N–H and O–H groups in total. The summed E-state index contributed by atoms with van der Waals surface area (Å²) in [6.45, 7) is 4.74. The number of methoxy groups -OCH3 is 2. The number of hydrogen-bond acceptors (Lipinski definition) is 4. The van der Waals surface area contributed by atoms with Crippen LogP contribution in [0.5, 0.6) is 0 Å². The van der Waals surface area contributed by atoms with Gasteiger partial charge in [0.25, 0.3) is 0 Å². The number of nitrogens with one attached hydrogen (secondary N) is 1. The molecule has 1 atom stereocenters. The van der Waals surface area contributed by atoms with Crippen molar-refractivity contribution in [2.75, 3.05) is 54.1 Å². The third-order valence-electron chi connectivity index (χ3n) is 3.11. The summed E-state index contributed by atoms with van der Waals surface area (Å²) in [6.07, 6.45) is 2.72. The maximum absolute atomic E-state index is 5.23. The van der Waals surface area contributed by atoms with Crippen LogP contribution in [0.1, 0.15) is 12.8 Å². The second-order valence-corrected chi connectivity index (χ2v) is 4.65. The lowest BCUT2D eigenvalue weighted by Gasteiger charge is -2.20. The largest absolute Gasteiger partial charge is 0.383 e. The van der Waals surface area contributed by atoms with Gasteiger partial charge in [-0.1, -0.05) is 0 Å². The minimum atomic E-state index is 0.556. The Balaban J connectivity index is 2.03. The molecule has 0 saturated heterocycles. The van der Waals surface area contributed by atoms with E-state index < -0.39 is 0 Å². The standard InChI is InChI=1S/C12H26N2O2/c1-14(8-9-15-2)7-6-13-12(10-16-3)11-4-5-11/h11-13H,4-10H2,1-3H3. The fourth-order valence-corrected chi connectivity index (χ4v) is 1.84. The van der Waals surface area contributed by atoms with Crippen LogP contribution in [0.15, 0.2) is 0 Å². The molecule has 0 radical (unpaired) electrons. The zero-order valence-electron chi connectivity index (χ0n) is 10.9. The first kappa shape index (κ1) is 13.9. The molecular weight excluding hydrogens is 204 g/mol. The van der Waals surface area contributed by atoms with Crippen molar-refractivity contribution in [3.8, 4) is 0 Å². The van der Waals surface area contributed by atoms with E-state index in [0.717, 1.165) is 38.8 Å². The average molecular weight is 230 g/mol. The van der Waals surface area contributed by atoms with E-state index >= 15 is 0 Å². The van der Waals surface area contributed by atoms with Gasteiger partial charge in [0.05, 0.1) is 13.2 Å². The van der Waals surface area contributed by atoms with Gasteiger partial charge in [0.15, 0.2) is 0 Å². The van der Waals surface area contributed by atoms with Crippen LogP contribution in [0.3, 0.4) is 0 Å². The van der Waals surface area contributed by atoms with E-state index in [0.29, 0.717) is 6.04 Å². The second kappa shape index (κ2) is 8.01. The van der Waals surface area contributed by atoms with Crippen molar-refractivity contribution in [1.29, 1.82) is 0 Å². The Labute approximate surface area is 99.3 Å². The highest BCUT2D eigenvalue weighted by atomic mass is 16.5. The van der Waals surface area contributed by atoms with E-state index in [1.54, 1.807) is 14.2 Å². The third-order valence-corrected chi connectivity index (χ3v) is 3.11. The first-order valence-corrected chi connectivity index (χ1v) is 6.17. The molecule has 0 aliphatic heterocycles. The summed E-state index contributed by atoms with van der Waals surface area (Å²) in [7, 11) is 5.65. The highest BCUT2D eigenvalue weighted by molar-refractivity contribution is 4.86. The monoisotopic (exact) mass is 230 g/mol. The summed E-state index contributed by atoms with van der Waals surface area (Å²) in [5.41, 5.74) is 0. The van der Waals surface area contributed by atoms with E-state index in [1.165, 1.54) is 12.8 Å². The maximum atomic E-state index is 5.23. The summed E-state index contributed by atoms with van der Waals surface area (Å²) in [6, 6.07) is 0.556. The Morgan fingerprint density at radius 1 is 1.25 bits per heavy atom. The van der Waals surface area contributed by atoms with Crippen molar-refractivity contribution in [3.63, 3.8) is 0 Å². The smallest absolute Gasteiger partial charge is 0.0618 e. The molecule has 1 aliphatic carbocycles. The molecule has 4 heteroatoms. The van der Waals surface area contributed by atoms with Gasteiger partial charge in [0.1, 0.15) is 0 Å². The van der Waals surface area contributed by atoms with Crippen LogP contribution in [0.4, 0.5) is 0 Å². The van der Waals surface area contributed by atoms with Crippen molar-refractivity contribution in [1.82, 2.24) is 10.2 Å². The van der Waals surface area contributed by atoms with Crippen molar-refractivity contribution in [3.05, 3.63) is 0 Å². The van der Waals surface area contributed by atoms with E-state index in [-0.39, 0.29) is 0 Å². The lowest BCUT2D eigenvalue weighted by Crippen LogP contribution is -2.40. The average Bonchev–Trinajstić information content (AvgIpc) is 3.09. The van der Waals surface area contributed by atoms with Crippen LogP contribution in [-0.4, -0.2) is 65.1 Å². The van der Waals surface area contributed by atoms with E-state index in [4.69, 9.17) is 9.47 Å². The topological polar surface area (TPSA) is 33.7 Å². The van der Waals surface area contributed by atoms with E-state index in [9.17, 15) is 0 Å².